The molecule has 0 aliphatic carbocycles. The minimum atomic E-state index is -0.971. The summed E-state index contributed by atoms with van der Waals surface area (Å²) < 4.78 is 3.90. The monoisotopic (exact) mass is 607 g/mol. The minimum Gasteiger partial charge on any atom is -0.494 e. The number of nitrogens with zero attached hydrogens (tertiary/aromatic N) is 3. The van der Waals surface area contributed by atoms with Crippen molar-refractivity contribution in [2.75, 3.05) is 42.6 Å². The maximum absolute atomic E-state index is 14.5. The lowest BCUT2D eigenvalue weighted by atomic mass is 9.74. The van der Waals surface area contributed by atoms with Crippen molar-refractivity contribution in [3.63, 3.8) is 0 Å². The van der Waals surface area contributed by atoms with Gasteiger partial charge in [-0.25, -0.2) is 0 Å². The number of aliphatic hydroxyl groups is 1. The lowest BCUT2D eigenvalue weighted by Gasteiger charge is -2.37. The largest absolute Gasteiger partial charge is 0.494 e. The molecule has 4 aliphatic heterocycles. The zero-order valence-electron chi connectivity index (χ0n) is 23.6. The van der Waals surface area contributed by atoms with Crippen LogP contribution in [0.5, 0.6) is 5.75 Å². The topological polar surface area (TPSA) is 90.4 Å². The number of hydrogen-bond donors (Lipinski definition) is 1. The lowest BCUT2D eigenvalue weighted by Crippen LogP contribution is -2.53. The number of likely N-dealkylation sites (tertiary alicyclic amines) is 1. The van der Waals surface area contributed by atoms with Gasteiger partial charge in [0.2, 0.25) is 11.8 Å². The van der Waals surface area contributed by atoms with E-state index in [9.17, 15) is 19.5 Å². The van der Waals surface area contributed by atoms with Gasteiger partial charge < -0.3 is 24.5 Å². The molecular formula is C32H34ClN3O5S. The highest BCUT2D eigenvalue weighted by Gasteiger charge is 2.74. The molecule has 0 aromatic heterocycles. The second kappa shape index (κ2) is 11.1. The van der Waals surface area contributed by atoms with Gasteiger partial charge in [-0.3, -0.25) is 14.4 Å². The van der Waals surface area contributed by atoms with Crippen LogP contribution in [0.25, 0.3) is 0 Å². The lowest BCUT2D eigenvalue weighted by molar-refractivity contribution is -0.139. The van der Waals surface area contributed by atoms with E-state index in [1.165, 1.54) is 11.8 Å². The molecular weight excluding hydrogens is 574 g/mol. The Labute approximate surface area is 254 Å². The zero-order chi connectivity index (χ0) is 29.6. The number of anilines is 2. The molecule has 3 amide bonds. The van der Waals surface area contributed by atoms with Crippen LogP contribution in [0.1, 0.15) is 20.3 Å². The Hall–Kier alpha value is -3.27. The molecule has 2 fully saturated rings. The number of fused-ring (bicyclic) bond motifs is 2. The predicted octanol–water partition coefficient (Wildman–Crippen LogP) is 4.31. The Kier molecular flexibility index (Phi) is 7.62. The number of carbonyl (C=O) groups excluding carboxylic acids is 3. The normalized spacial score (nSPS) is 30.2. The van der Waals surface area contributed by atoms with Crippen molar-refractivity contribution in [1.29, 1.82) is 0 Å². The van der Waals surface area contributed by atoms with E-state index in [-0.39, 0.29) is 30.9 Å². The Morgan fingerprint density at radius 2 is 1.67 bits per heavy atom. The van der Waals surface area contributed by atoms with Crippen LogP contribution in [0, 0.1) is 11.8 Å². The highest BCUT2D eigenvalue weighted by Crippen LogP contribution is 2.65. The van der Waals surface area contributed by atoms with Crippen LogP contribution < -0.4 is 14.5 Å². The molecule has 1 unspecified atom stereocenters. The summed E-state index contributed by atoms with van der Waals surface area (Å²) in [6.07, 6.45) is 8.27. The smallest absolute Gasteiger partial charge is 0.251 e. The van der Waals surface area contributed by atoms with Gasteiger partial charge in [-0.1, -0.05) is 48.0 Å². The van der Waals surface area contributed by atoms with Crippen LogP contribution >= 0.6 is 23.4 Å². The molecule has 4 heterocycles. The van der Waals surface area contributed by atoms with E-state index in [1.54, 1.807) is 26.8 Å². The average molecular weight is 608 g/mol. The fraction of sp³-hybridized carbons (Fsp3) is 0.406. The van der Waals surface area contributed by atoms with E-state index in [0.29, 0.717) is 36.8 Å². The second-order valence-electron chi connectivity index (χ2n) is 11.2. The van der Waals surface area contributed by atoms with Crippen LogP contribution in [-0.2, 0) is 14.4 Å². The van der Waals surface area contributed by atoms with Crippen molar-refractivity contribution >= 4 is 52.5 Å². The van der Waals surface area contributed by atoms with E-state index < -0.39 is 27.4 Å². The molecule has 6 rings (SSSR count). The van der Waals surface area contributed by atoms with Gasteiger partial charge in [-0.15, -0.1) is 11.8 Å². The highest BCUT2D eigenvalue weighted by molar-refractivity contribution is 8.02. The molecule has 2 aromatic rings. The Morgan fingerprint density at radius 1 is 0.952 bits per heavy atom. The van der Waals surface area contributed by atoms with Gasteiger partial charge in [0.15, 0.2) is 0 Å². The Bertz CT molecular complexity index is 1460. The number of halogens is 1. The second-order valence-corrected chi connectivity index (χ2v) is 13.4. The molecule has 1 N–H and O–H groups in total. The molecule has 10 heteroatoms. The first-order valence-corrected chi connectivity index (χ1v) is 15.5. The number of ether oxygens (including phenoxy) is 1. The maximum Gasteiger partial charge on any atom is 0.251 e. The molecule has 220 valence electrons. The average Bonchev–Trinajstić information content (AvgIpc) is 3.24. The number of thioether (sulfide) groups is 1. The fourth-order valence-electron chi connectivity index (χ4n) is 7.01. The van der Waals surface area contributed by atoms with Gasteiger partial charge in [0.1, 0.15) is 11.8 Å². The van der Waals surface area contributed by atoms with Crippen LogP contribution in [0.2, 0.25) is 5.02 Å². The summed E-state index contributed by atoms with van der Waals surface area (Å²) in [5.74, 6) is -1.37. The number of carbonyl (C=O) groups is 3. The first kappa shape index (κ1) is 28.8. The van der Waals surface area contributed by atoms with Gasteiger partial charge in [-0.05, 0) is 56.7 Å². The molecule has 0 radical (unpaired) electrons. The van der Waals surface area contributed by atoms with Crippen molar-refractivity contribution in [2.24, 2.45) is 11.8 Å². The van der Waals surface area contributed by atoms with E-state index >= 15 is 0 Å². The summed E-state index contributed by atoms with van der Waals surface area (Å²) in [6, 6.07) is 13.7. The van der Waals surface area contributed by atoms with E-state index in [4.69, 9.17) is 16.3 Å². The molecule has 5 atom stereocenters. The van der Waals surface area contributed by atoms with Gasteiger partial charge in [-0.2, -0.15) is 0 Å². The van der Waals surface area contributed by atoms with Gasteiger partial charge >= 0.3 is 0 Å². The molecule has 2 aromatic carbocycles. The first-order valence-electron chi connectivity index (χ1n) is 14.3. The quantitative estimate of drug-likeness (QED) is 0.472. The van der Waals surface area contributed by atoms with Crippen molar-refractivity contribution in [2.45, 2.75) is 35.8 Å². The molecule has 8 nitrogen and oxygen atoms in total. The summed E-state index contributed by atoms with van der Waals surface area (Å²) in [5.41, 5.74) is 1.30. The predicted molar refractivity (Wildman–Crippen MR) is 165 cm³/mol. The summed E-state index contributed by atoms with van der Waals surface area (Å²) in [7, 11) is 0. The summed E-state index contributed by atoms with van der Waals surface area (Å²) in [6.45, 7) is 5.23. The van der Waals surface area contributed by atoms with Crippen molar-refractivity contribution in [3.05, 3.63) is 77.9 Å². The van der Waals surface area contributed by atoms with Crippen molar-refractivity contribution in [1.82, 2.24) is 4.90 Å². The third kappa shape index (κ3) is 4.44. The molecule has 2 saturated heterocycles. The number of benzene rings is 2. The van der Waals surface area contributed by atoms with Crippen molar-refractivity contribution < 1.29 is 24.2 Å². The minimum absolute atomic E-state index is 0.117. The van der Waals surface area contributed by atoms with Gasteiger partial charge in [0.05, 0.1) is 33.9 Å². The first-order chi connectivity index (χ1) is 20.3. The van der Waals surface area contributed by atoms with E-state index in [0.717, 1.165) is 11.4 Å². The third-order valence-electron chi connectivity index (χ3n) is 8.72. The SMILES string of the molecule is CCOc1ccc(N2CC=C[C@@]3(C)S[C@]45C=CCN(c6ccccc6Cl)C(=O)C4N(CCCO)C(=O)[C@@H]5[C@H]3C2=O)cc1. The molecule has 4 aliphatic rings. The maximum atomic E-state index is 14.5. The van der Waals surface area contributed by atoms with Crippen LogP contribution in [0.15, 0.2) is 72.8 Å². The standard InChI is InChI=1S/C32H34ClN3O5S/c1-3-41-22-13-11-21(12-14-22)34-17-6-15-31(2)25(28(34)38)26-29(39)36(19-8-20-37)27-30(40)35(18-7-16-32(26,27)42-31)24-10-5-4-9-23(24)33/h4-7,9-16,25-27,37H,3,8,17-20H2,1-2H3/t25-,26-,27?,31+,32-/m0/s1. The number of para-hydroxylation sites is 1. The third-order valence-corrected chi connectivity index (χ3v) is 10.8. The van der Waals surface area contributed by atoms with E-state index in [1.807, 2.05) is 74.5 Å². The number of aliphatic hydroxyl groups excluding tert-OH is 1. The number of amides is 3. The van der Waals surface area contributed by atoms with Gasteiger partial charge in [0.25, 0.3) is 5.91 Å². The summed E-state index contributed by atoms with van der Waals surface area (Å²) >= 11 is 8.07. The van der Waals surface area contributed by atoms with Crippen LogP contribution in [0.3, 0.4) is 0 Å². The highest BCUT2D eigenvalue weighted by atomic mass is 35.5. The van der Waals surface area contributed by atoms with Gasteiger partial charge in [0, 0.05) is 36.7 Å². The molecule has 0 bridgehead atoms. The Morgan fingerprint density at radius 3 is 2.38 bits per heavy atom. The Balaban J connectivity index is 1.43. The van der Waals surface area contributed by atoms with Crippen LogP contribution in [-0.4, -0.2) is 76.1 Å². The summed E-state index contributed by atoms with van der Waals surface area (Å²) in [5, 5.41) is 10.1. The summed E-state index contributed by atoms with van der Waals surface area (Å²) in [4.78, 5) is 48.4. The number of hydrogen-bond acceptors (Lipinski definition) is 6. The van der Waals surface area contributed by atoms with Crippen LogP contribution in [0.4, 0.5) is 11.4 Å². The zero-order valence-corrected chi connectivity index (χ0v) is 25.2. The molecule has 1 spiro atoms. The van der Waals surface area contributed by atoms with Crippen molar-refractivity contribution in [3.8, 4) is 5.75 Å². The molecule has 0 saturated carbocycles. The fourth-order valence-corrected chi connectivity index (χ4v) is 9.41. The number of rotatable bonds is 7. The molecule has 42 heavy (non-hydrogen) atoms. The van der Waals surface area contributed by atoms with E-state index in [2.05, 4.69) is 0 Å².